The number of benzene rings is 1. The highest BCUT2D eigenvalue weighted by Gasteiger charge is 2.31. The van der Waals surface area contributed by atoms with Crippen molar-refractivity contribution in [2.24, 2.45) is 5.92 Å². The summed E-state index contributed by atoms with van der Waals surface area (Å²) in [6.45, 7) is 5.50. The van der Waals surface area contributed by atoms with Crippen LogP contribution in [-0.2, 0) is 10.4 Å². The van der Waals surface area contributed by atoms with Crippen LogP contribution in [-0.4, -0.2) is 10.9 Å². The Morgan fingerprint density at radius 2 is 1.87 bits per heavy atom. The summed E-state index contributed by atoms with van der Waals surface area (Å²) in [6.07, 6.45) is 0.405. The van der Waals surface area contributed by atoms with Crippen LogP contribution in [0.15, 0.2) is 30.3 Å². The number of Topliss-reactive ketones (excluding diaryl/α,β-unsaturated/α-hetero) is 1. The zero-order valence-corrected chi connectivity index (χ0v) is 9.53. The second kappa shape index (κ2) is 4.58. The highest BCUT2D eigenvalue weighted by molar-refractivity contribution is 5.87. The van der Waals surface area contributed by atoms with Gasteiger partial charge in [0.2, 0.25) is 0 Å². The van der Waals surface area contributed by atoms with E-state index in [1.807, 2.05) is 32.0 Å². The van der Waals surface area contributed by atoms with Gasteiger partial charge in [-0.1, -0.05) is 44.2 Å². The maximum atomic E-state index is 11.8. The van der Waals surface area contributed by atoms with Gasteiger partial charge in [-0.25, -0.2) is 0 Å². The molecule has 15 heavy (non-hydrogen) atoms. The molecule has 0 saturated heterocycles. The van der Waals surface area contributed by atoms with E-state index in [0.29, 0.717) is 12.0 Å². The van der Waals surface area contributed by atoms with Crippen LogP contribution in [0, 0.1) is 5.92 Å². The first kappa shape index (κ1) is 11.9. The molecule has 0 radical (unpaired) electrons. The van der Waals surface area contributed by atoms with Crippen molar-refractivity contribution in [1.29, 1.82) is 0 Å². The Morgan fingerprint density at radius 3 is 2.33 bits per heavy atom. The summed E-state index contributed by atoms with van der Waals surface area (Å²) in [5.74, 6) is 0.149. The molecule has 1 rings (SSSR count). The first-order chi connectivity index (χ1) is 6.94. The lowest BCUT2D eigenvalue weighted by Gasteiger charge is -2.23. The normalized spacial score (nSPS) is 15.0. The van der Waals surface area contributed by atoms with Gasteiger partial charge in [-0.05, 0) is 18.4 Å². The van der Waals surface area contributed by atoms with Crippen LogP contribution >= 0.6 is 0 Å². The Balaban J connectivity index is 2.88. The largest absolute Gasteiger partial charge is 0.378 e. The van der Waals surface area contributed by atoms with E-state index >= 15 is 0 Å². The number of aliphatic hydroxyl groups is 1. The Bertz CT molecular complexity index is 326. The minimum atomic E-state index is -1.36. The van der Waals surface area contributed by atoms with Gasteiger partial charge in [0, 0.05) is 6.42 Å². The summed E-state index contributed by atoms with van der Waals surface area (Å²) in [5.41, 5.74) is -0.693. The topological polar surface area (TPSA) is 37.3 Å². The Labute approximate surface area is 90.9 Å². The molecule has 0 aliphatic heterocycles. The van der Waals surface area contributed by atoms with Crippen LogP contribution in [0.25, 0.3) is 0 Å². The molecule has 1 unspecified atom stereocenters. The number of rotatable bonds is 4. The first-order valence-electron chi connectivity index (χ1n) is 5.25. The molecule has 0 bridgehead atoms. The molecule has 0 spiro atoms. The van der Waals surface area contributed by atoms with E-state index in [4.69, 9.17) is 0 Å². The van der Waals surface area contributed by atoms with Crippen LogP contribution in [0.3, 0.4) is 0 Å². The summed E-state index contributed by atoms with van der Waals surface area (Å²) in [5, 5.41) is 10.2. The fourth-order valence-corrected chi connectivity index (χ4v) is 1.49. The molecule has 0 saturated carbocycles. The van der Waals surface area contributed by atoms with Gasteiger partial charge in [0.1, 0.15) is 5.60 Å². The van der Waals surface area contributed by atoms with E-state index in [9.17, 15) is 9.90 Å². The molecule has 1 aromatic rings. The summed E-state index contributed by atoms with van der Waals surface area (Å²) < 4.78 is 0. The van der Waals surface area contributed by atoms with Crippen LogP contribution in [0.2, 0.25) is 0 Å². The lowest BCUT2D eigenvalue weighted by atomic mass is 9.87. The molecule has 0 aliphatic rings. The van der Waals surface area contributed by atoms with E-state index < -0.39 is 5.60 Å². The fourth-order valence-electron chi connectivity index (χ4n) is 1.49. The second-order valence-corrected chi connectivity index (χ2v) is 4.46. The van der Waals surface area contributed by atoms with E-state index in [1.54, 1.807) is 19.1 Å². The average Bonchev–Trinajstić information content (AvgIpc) is 2.18. The molecule has 1 atom stereocenters. The summed E-state index contributed by atoms with van der Waals surface area (Å²) in [6, 6.07) is 9.07. The minimum absolute atomic E-state index is 0.122. The van der Waals surface area contributed by atoms with E-state index in [0.717, 1.165) is 0 Å². The lowest BCUT2D eigenvalue weighted by Crippen LogP contribution is -2.32. The van der Waals surface area contributed by atoms with Crippen molar-refractivity contribution < 1.29 is 9.90 Å². The quantitative estimate of drug-likeness (QED) is 0.821. The van der Waals surface area contributed by atoms with Crippen LogP contribution in [0.4, 0.5) is 0 Å². The van der Waals surface area contributed by atoms with E-state index in [-0.39, 0.29) is 11.7 Å². The molecule has 1 aromatic carbocycles. The van der Waals surface area contributed by atoms with Gasteiger partial charge in [-0.2, -0.15) is 0 Å². The molecule has 0 heterocycles. The van der Waals surface area contributed by atoms with Crippen molar-refractivity contribution >= 4 is 5.78 Å². The molecule has 0 amide bonds. The monoisotopic (exact) mass is 206 g/mol. The molecule has 82 valence electrons. The third-order valence-electron chi connectivity index (χ3n) is 2.47. The third kappa shape index (κ3) is 2.90. The molecule has 0 fully saturated rings. The van der Waals surface area contributed by atoms with Gasteiger partial charge in [0.05, 0.1) is 0 Å². The van der Waals surface area contributed by atoms with Crippen molar-refractivity contribution in [2.45, 2.75) is 32.8 Å². The van der Waals surface area contributed by atoms with Gasteiger partial charge in [-0.15, -0.1) is 0 Å². The van der Waals surface area contributed by atoms with Crippen molar-refractivity contribution in [3.8, 4) is 0 Å². The third-order valence-corrected chi connectivity index (χ3v) is 2.47. The predicted octanol–water partition coefficient (Wildman–Crippen LogP) is 2.51. The number of hydrogen-bond acceptors (Lipinski definition) is 2. The Kier molecular flexibility index (Phi) is 3.64. The summed E-state index contributed by atoms with van der Waals surface area (Å²) in [4.78, 5) is 11.8. The van der Waals surface area contributed by atoms with Gasteiger partial charge >= 0.3 is 0 Å². The SMILES string of the molecule is CC(C)CC(=O)C(C)(O)c1ccccc1. The van der Waals surface area contributed by atoms with Crippen LogP contribution < -0.4 is 0 Å². The fraction of sp³-hybridized carbons (Fsp3) is 0.462. The van der Waals surface area contributed by atoms with Gasteiger partial charge < -0.3 is 5.11 Å². The molecule has 2 heteroatoms. The molecular formula is C13H18O2. The van der Waals surface area contributed by atoms with Crippen LogP contribution in [0.5, 0.6) is 0 Å². The highest BCUT2D eigenvalue weighted by atomic mass is 16.3. The molecule has 0 aromatic heterocycles. The van der Waals surface area contributed by atoms with Gasteiger partial charge in [-0.3, -0.25) is 4.79 Å². The first-order valence-corrected chi connectivity index (χ1v) is 5.25. The lowest BCUT2D eigenvalue weighted by molar-refractivity contribution is -0.137. The maximum absolute atomic E-state index is 11.8. The van der Waals surface area contributed by atoms with Crippen molar-refractivity contribution in [1.82, 2.24) is 0 Å². The summed E-state index contributed by atoms with van der Waals surface area (Å²) in [7, 11) is 0. The van der Waals surface area contributed by atoms with Crippen molar-refractivity contribution in [3.05, 3.63) is 35.9 Å². The molecule has 2 nitrogen and oxygen atoms in total. The van der Waals surface area contributed by atoms with Gasteiger partial charge in [0.25, 0.3) is 0 Å². The number of ketones is 1. The second-order valence-electron chi connectivity index (χ2n) is 4.46. The Morgan fingerprint density at radius 1 is 1.33 bits per heavy atom. The van der Waals surface area contributed by atoms with Crippen molar-refractivity contribution in [3.63, 3.8) is 0 Å². The standard InChI is InChI=1S/C13H18O2/c1-10(2)9-12(14)13(3,15)11-7-5-4-6-8-11/h4-8,10,15H,9H2,1-3H3. The smallest absolute Gasteiger partial charge is 0.168 e. The number of hydrogen-bond donors (Lipinski definition) is 1. The molecule has 0 aliphatic carbocycles. The predicted molar refractivity (Wildman–Crippen MR) is 60.5 cm³/mol. The van der Waals surface area contributed by atoms with Gasteiger partial charge in [0.15, 0.2) is 5.78 Å². The molecular weight excluding hydrogens is 188 g/mol. The summed E-state index contributed by atoms with van der Waals surface area (Å²) >= 11 is 0. The highest BCUT2D eigenvalue weighted by Crippen LogP contribution is 2.24. The maximum Gasteiger partial charge on any atom is 0.168 e. The minimum Gasteiger partial charge on any atom is -0.378 e. The van der Waals surface area contributed by atoms with E-state index in [2.05, 4.69) is 0 Å². The molecule has 1 N–H and O–H groups in total. The van der Waals surface area contributed by atoms with Crippen molar-refractivity contribution in [2.75, 3.05) is 0 Å². The van der Waals surface area contributed by atoms with E-state index in [1.165, 1.54) is 0 Å². The zero-order valence-electron chi connectivity index (χ0n) is 9.53. The number of carbonyl (C=O) groups excluding carboxylic acids is 1. The van der Waals surface area contributed by atoms with Crippen LogP contribution in [0.1, 0.15) is 32.8 Å². The Hall–Kier alpha value is -1.15. The average molecular weight is 206 g/mol. The zero-order chi connectivity index (χ0) is 11.5. The number of carbonyl (C=O) groups is 1.